The van der Waals surface area contributed by atoms with E-state index in [1.165, 1.54) is 10.4 Å². The Morgan fingerprint density at radius 3 is 2.12 bits per heavy atom. The molecule has 4 nitrogen and oxygen atoms in total. The minimum atomic E-state index is -3.39. The monoisotopic (exact) mass is 366 g/mol. The number of halogens is 2. The van der Waals surface area contributed by atoms with E-state index in [1.807, 2.05) is 0 Å². The van der Waals surface area contributed by atoms with Gasteiger partial charge in [0.15, 0.2) is 11.6 Å². The Labute approximate surface area is 146 Å². The summed E-state index contributed by atoms with van der Waals surface area (Å²) in [4.78, 5) is 0.304. The molecule has 2 aromatic carbocycles. The molecule has 1 aliphatic heterocycles. The van der Waals surface area contributed by atoms with Crippen LogP contribution in [0.3, 0.4) is 0 Å². The molecule has 1 N–H and O–H groups in total. The highest BCUT2D eigenvalue weighted by Gasteiger charge is 2.26. The fourth-order valence-corrected chi connectivity index (χ4v) is 4.37. The van der Waals surface area contributed by atoms with Crippen LogP contribution in [-0.4, -0.2) is 25.8 Å². The highest BCUT2D eigenvalue weighted by Crippen LogP contribution is 2.21. The molecule has 0 unspecified atom stereocenters. The molecule has 0 aromatic heterocycles. The molecule has 1 saturated heterocycles. The number of hydrogen-bond acceptors (Lipinski definition) is 3. The van der Waals surface area contributed by atoms with Crippen molar-refractivity contribution in [2.75, 3.05) is 13.1 Å². The molecule has 7 heteroatoms. The Kier molecular flexibility index (Phi) is 5.46. The quantitative estimate of drug-likeness (QED) is 0.855. The van der Waals surface area contributed by atoms with Crippen LogP contribution in [0.15, 0.2) is 47.4 Å². The van der Waals surface area contributed by atoms with E-state index in [-0.39, 0.29) is 0 Å². The van der Waals surface area contributed by atoms with Crippen LogP contribution in [0, 0.1) is 11.6 Å². The van der Waals surface area contributed by atoms with Gasteiger partial charge in [0.05, 0.1) is 4.90 Å². The standard InChI is InChI=1S/C18H20F2N2O2S/c19-17-8-5-15(11-18(17)20)13-21-12-14-3-6-16(7-4-14)25(23,24)22-9-1-2-10-22/h3-8,11,21H,1-2,9-10,12-13H2. The first-order valence-corrected chi connectivity index (χ1v) is 9.64. The van der Waals surface area contributed by atoms with Gasteiger partial charge in [-0.3, -0.25) is 0 Å². The van der Waals surface area contributed by atoms with Crippen molar-refractivity contribution < 1.29 is 17.2 Å². The summed E-state index contributed by atoms with van der Waals surface area (Å²) in [6, 6.07) is 10.5. The summed E-state index contributed by atoms with van der Waals surface area (Å²) in [6.07, 6.45) is 1.82. The van der Waals surface area contributed by atoms with Gasteiger partial charge in [-0.25, -0.2) is 17.2 Å². The number of benzene rings is 2. The Hall–Kier alpha value is -1.83. The van der Waals surface area contributed by atoms with Crippen LogP contribution in [0.1, 0.15) is 24.0 Å². The second kappa shape index (κ2) is 7.59. The first-order valence-electron chi connectivity index (χ1n) is 8.20. The fourth-order valence-electron chi connectivity index (χ4n) is 2.86. The molecular formula is C18H20F2N2O2S. The molecule has 1 heterocycles. The van der Waals surface area contributed by atoms with Gasteiger partial charge >= 0.3 is 0 Å². The molecule has 0 saturated carbocycles. The average molecular weight is 366 g/mol. The summed E-state index contributed by atoms with van der Waals surface area (Å²) >= 11 is 0. The van der Waals surface area contributed by atoms with Gasteiger partial charge in [0, 0.05) is 26.2 Å². The van der Waals surface area contributed by atoms with Crippen LogP contribution in [0.5, 0.6) is 0 Å². The van der Waals surface area contributed by atoms with Crippen LogP contribution < -0.4 is 5.32 Å². The Bertz CT molecular complexity index is 833. The van der Waals surface area contributed by atoms with E-state index in [9.17, 15) is 17.2 Å². The van der Waals surface area contributed by atoms with E-state index in [1.54, 1.807) is 24.3 Å². The lowest BCUT2D eigenvalue weighted by atomic mass is 10.2. The molecule has 2 aromatic rings. The van der Waals surface area contributed by atoms with Crippen LogP contribution >= 0.6 is 0 Å². The van der Waals surface area contributed by atoms with Crippen molar-refractivity contribution in [2.45, 2.75) is 30.8 Å². The Balaban J connectivity index is 1.58. The predicted octanol–water partition coefficient (Wildman–Crippen LogP) is 3.04. The lowest BCUT2D eigenvalue weighted by molar-refractivity contribution is 0.477. The van der Waals surface area contributed by atoms with E-state index >= 15 is 0 Å². The summed E-state index contributed by atoms with van der Waals surface area (Å²) in [7, 11) is -3.39. The third-order valence-corrected chi connectivity index (χ3v) is 6.18. The molecular weight excluding hydrogens is 346 g/mol. The summed E-state index contributed by atoms with van der Waals surface area (Å²) in [5, 5.41) is 3.13. The molecule has 3 rings (SSSR count). The zero-order valence-electron chi connectivity index (χ0n) is 13.7. The SMILES string of the molecule is O=S(=O)(c1ccc(CNCc2ccc(F)c(F)c2)cc1)N1CCCC1. The number of rotatable bonds is 6. The first kappa shape index (κ1) is 18.0. The minimum absolute atomic E-state index is 0.304. The van der Waals surface area contributed by atoms with Gasteiger partial charge < -0.3 is 5.32 Å². The van der Waals surface area contributed by atoms with E-state index < -0.39 is 21.7 Å². The maximum atomic E-state index is 13.2. The van der Waals surface area contributed by atoms with Gasteiger partial charge in [-0.1, -0.05) is 18.2 Å². The van der Waals surface area contributed by atoms with Gasteiger partial charge in [0.2, 0.25) is 10.0 Å². The van der Waals surface area contributed by atoms with Gasteiger partial charge in [-0.15, -0.1) is 0 Å². The van der Waals surface area contributed by atoms with E-state index in [2.05, 4.69) is 5.32 Å². The van der Waals surface area contributed by atoms with Crippen molar-refractivity contribution in [1.82, 2.24) is 9.62 Å². The Morgan fingerprint density at radius 2 is 1.48 bits per heavy atom. The smallest absolute Gasteiger partial charge is 0.243 e. The third kappa shape index (κ3) is 4.23. The normalized spacial score (nSPS) is 15.6. The average Bonchev–Trinajstić information content (AvgIpc) is 3.14. The molecule has 25 heavy (non-hydrogen) atoms. The van der Waals surface area contributed by atoms with Crippen LogP contribution in [-0.2, 0) is 23.1 Å². The molecule has 0 atom stereocenters. The number of nitrogens with one attached hydrogen (secondary N) is 1. The first-order chi connectivity index (χ1) is 12.0. The Morgan fingerprint density at radius 1 is 0.880 bits per heavy atom. The molecule has 0 radical (unpaired) electrons. The fraction of sp³-hybridized carbons (Fsp3) is 0.333. The van der Waals surface area contributed by atoms with E-state index in [4.69, 9.17) is 0 Å². The van der Waals surface area contributed by atoms with E-state index in [0.717, 1.165) is 30.5 Å². The molecule has 0 aliphatic carbocycles. The molecule has 1 aliphatic rings. The van der Waals surface area contributed by atoms with Crippen molar-refractivity contribution in [3.05, 3.63) is 65.2 Å². The van der Waals surface area contributed by atoms with E-state index in [0.29, 0.717) is 36.6 Å². The van der Waals surface area contributed by atoms with Crippen molar-refractivity contribution in [2.24, 2.45) is 0 Å². The van der Waals surface area contributed by atoms with Gasteiger partial charge in [0.1, 0.15) is 0 Å². The molecule has 1 fully saturated rings. The lowest BCUT2D eigenvalue weighted by Crippen LogP contribution is -2.27. The summed E-state index contributed by atoms with van der Waals surface area (Å²) in [5.74, 6) is -1.73. The molecule has 0 bridgehead atoms. The molecule has 0 amide bonds. The topological polar surface area (TPSA) is 49.4 Å². The summed E-state index contributed by atoms with van der Waals surface area (Å²) < 4.78 is 52.4. The zero-order valence-corrected chi connectivity index (χ0v) is 14.5. The highest BCUT2D eigenvalue weighted by molar-refractivity contribution is 7.89. The van der Waals surface area contributed by atoms with Crippen LogP contribution in [0.25, 0.3) is 0 Å². The number of nitrogens with zero attached hydrogens (tertiary/aromatic N) is 1. The molecule has 0 spiro atoms. The van der Waals surface area contributed by atoms with Crippen molar-refractivity contribution >= 4 is 10.0 Å². The van der Waals surface area contributed by atoms with Crippen LogP contribution in [0.4, 0.5) is 8.78 Å². The summed E-state index contributed by atoms with van der Waals surface area (Å²) in [5.41, 5.74) is 1.56. The maximum absolute atomic E-state index is 13.2. The lowest BCUT2D eigenvalue weighted by Gasteiger charge is -2.15. The highest BCUT2D eigenvalue weighted by atomic mass is 32.2. The largest absolute Gasteiger partial charge is 0.309 e. The van der Waals surface area contributed by atoms with Crippen molar-refractivity contribution in [1.29, 1.82) is 0 Å². The van der Waals surface area contributed by atoms with Gasteiger partial charge in [-0.2, -0.15) is 4.31 Å². The number of sulfonamides is 1. The van der Waals surface area contributed by atoms with Crippen molar-refractivity contribution in [3.63, 3.8) is 0 Å². The second-order valence-electron chi connectivity index (χ2n) is 6.11. The molecule has 134 valence electrons. The predicted molar refractivity (Wildman–Crippen MR) is 91.3 cm³/mol. The van der Waals surface area contributed by atoms with Crippen molar-refractivity contribution in [3.8, 4) is 0 Å². The van der Waals surface area contributed by atoms with Crippen LogP contribution in [0.2, 0.25) is 0 Å². The van der Waals surface area contributed by atoms with Gasteiger partial charge in [-0.05, 0) is 48.2 Å². The number of hydrogen-bond donors (Lipinski definition) is 1. The second-order valence-corrected chi connectivity index (χ2v) is 8.05. The zero-order chi connectivity index (χ0) is 17.9. The maximum Gasteiger partial charge on any atom is 0.243 e. The summed E-state index contributed by atoms with van der Waals surface area (Å²) in [6.45, 7) is 2.06. The van der Waals surface area contributed by atoms with Gasteiger partial charge in [0.25, 0.3) is 0 Å². The third-order valence-electron chi connectivity index (χ3n) is 4.27. The minimum Gasteiger partial charge on any atom is -0.309 e.